The van der Waals surface area contributed by atoms with Crippen molar-refractivity contribution in [3.8, 4) is 0 Å². The largest absolute Gasteiger partial charge is 0.416 e. The van der Waals surface area contributed by atoms with Gasteiger partial charge < -0.3 is 15.3 Å². The predicted octanol–water partition coefficient (Wildman–Crippen LogP) is 3.70. The summed E-state index contributed by atoms with van der Waals surface area (Å²) in [6.07, 6.45) is -2.70. The van der Waals surface area contributed by atoms with Crippen molar-refractivity contribution in [2.24, 2.45) is 0 Å². The van der Waals surface area contributed by atoms with E-state index < -0.39 is 17.3 Å². The van der Waals surface area contributed by atoms with E-state index in [4.69, 9.17) is 5.41 Å². The van der Waals surface area contributed by atoms with Crippen LogP contribution in [0.4, 0.5) is 13.2 Å². The van der Waals surface area contributed by atoms with Gasteiger partial charge in [0.05, 0.1) is 5.56 Å². The van der Waals surface area contributed by atoms with Gasteiger partial charge in [-0.1, -0.05) is 36.4 Å². The molecule has 0 unspecified atom stereocenters. The van der Waals surface area contributed by atoms with Crippen LogP contribution in [0.25, 0.3) is 0 Å². The molecule has 0 atom stereocenters. The highest BCUT2D eigenvalue weighted by atomic mass is 19.4. The van der Waals surface area contributed by atoms with E-state index in [2.05, 4.69) is 5.32 Å². The molecule has 4 rings (SSSR count). The van der Waals surface area contributed by atoms with Gasteiger partial charge in [-0.05, 0) is 42.0 Å². The van der Waals surface area contributed by atoms with Crippen LogP contribution in [0.2, 0.25) is 0 Å². The summed E-state index contributed by atoms with van der Waals surface area (Å²) in [7, 11) is 0. The normalized spacial score (nSPS) is 19.7. The number of hydrogen-bond acceptors (Lipinski definition) is 3. The molecular weight excluding hydrogens is 379 g/mol. The van der Waals surface area contributed by atoms with E-state index in [0.29, 0.717) is 32.0 Å². The Kier molecular flexibility index (Phi) is 5.12. The van der Waals surface area contributed by atoms with Crippen molar-refractivity contribution in [3.05, 3.63) is 70.8 Å². The number of piperidine rings is 1. The van der Waals surface area contributed by atoms with Crippen LogP contribution in [0, 0.1) is 5.41 Å². The van der Waals surface area contributed by atoms with E-state index in [1.54, 1.807) is 12.1 Å². The lowest BCUT2D eigenvalue weighted by atomic mass is 9.87. The number of amidine groups is 1. The number of β-amino-alcohol motifs (C(OH)–C–C–N with tert-alkyl or cyclic N) is 1. The minimum atomic E-state index is -4.31. The third-order valence-corrected chi connectivity index (χ3v) is 6.05. The number of likely N-dealkylation sites (tertiary alicyclic amines) is 1. The summed E-state index contributed by atoms with van der Waals surface area (Å²) >= 11 is 0. The molecule has 4 nitrogen and oxygen atoms in total. The zero-order valence-electron chi connectivity index (χ0n) is 16.0. The van der Waals surface area contributed by atoms with Crippen LogP contribution in [0.5, 0.6) is 0 Å². The highest BCUT2D eigenvalue weighted by Gasteiger charge is 2.36. The first-order valence-corrected chi connectivity index (χ1v) is 9.81. The van der Waals surface area contributed by atoms with Gasteiger partial charge in [-0.15, -0.1) is 0 Å². The first-order chi connectivity index (χ1) is 13.8. The van der Waals surface area contributed by atoms with Crippen molar-refractivity contribution in [3.63, 3.8) is 0 Å². The Labute approximate surface area is 167 Å². The quantitative estimate of drug-likeness (QED) is 0.541. The van der Waals surface area contributed by atoms with E-state index in [-0.39, 0.29) is 5.92 Å². The molecule has 0 aliphatic carbocycles. The van der Waals surface area contributed by atoms with Crippen molar-refractivity contribution in [1.29, 1.82) is 5.41 Å². The van der Waals surface area contributed by atoms with Gasteiger partial charge in [0.25, 0.3) is 0 Å². The molecule has 0 amide bonds. The van der Waals surface area contributed by atoms with Crippen molar-refractivity contribution < 1.29 is 18.3 Å². The molecule has 2 fully saturated rings. The number of aliphatic hydroxyl groups is 1. The first kappa shape index (κ1) is 19.9. The molecule has 0 aromatic heterocycles. The first-order valence-electron chi connectivity index (χ1n) is 9.81. The summed E-state index contributed by atoms with van der Waals surface area (Å²) in [5.74, 6) is 0.658. The van der Waals surface area contributed by atoms with Gasteiger partial charge in [0.1, 0.15) is 11.4 Å². The zero-order valence-corrected chi connectivity index (χ0v) is 16.0. The number of halogens is 3. The van der Waals surface area contributed by atoms with E-state index >= 15 is 0 Å². The monoisotopic (exact) mass is 403 g/mol. The molecule has 154 valence electrons. The molecule has 0 saturated carbocycles. The molecular formula is C22H24F3N3O. The standard InChI is InChI=1S/C22H24F3N3O/c23-22(24,25)19-7-1-15(2-8-19)16-9-11-28(12-10-16)20(26)17-3-5-18(6-4-17)21(29)13-27-14-21/h1-8,16,26-27,29H,9-14H2. The summed E-state index contributed by atoms with van der Waals surface area (Å²) in [6, 6.07) is 12.9. The third-order valence-electron chi connectivity index (χ3n) is 6.05. The molecule has 29 heavy (non-hydrogen) atoms. The lowest BCUT2D eigenvalue weighted by Crippen LogP contribution is -2.56. The maximum Gasteiger partial charge on any atom is 0.416 e. The average Bonchev–Trinajstić information content (AvgIpc) is 2.71. The number of rotatable bonds is 3. The van der Waals surface area contributed by atoms with Crippen molar-refractivity contribution in [2.45, 2.75) is 30.5 Å². The minimum Gasteiger partial charge on any atom is -0.382 e. The zero-order chi connectivity index (χ0) is 20.6. The van der Waals surface area contributed by atoms with Gasteiger partial charge in [-0.25, -0.2) is 0 Å². The Hall–Kier alpha value is -2.38. The summed E-state index contributed by atoms with van der Waals surface area (Å²) in [6.45, 7) is 2.47. The molecule has 7 heteroatoms. The van der Waals surface area contributed by atoms with Crippen molar-refractivity contribution in [2.75, 3.05) is 26.2 Å². The smallest absolute Gasteiger partial charge is 0.382 e. The van der Waals surface area contributed by atoms with Crippen LogP contribution in [-0.4, -0.2) is 42.0 Å². The van der Waals surface area contributed by atoms with Gasteiger partial charge in [0.15, 0.2) is 0 Å². The SMILES string of the molecule is N=C(c1ccc(C2(O)CNC2)cc1)N1CCC(c2ccc(C(F)(F)F)cc2)CC1. The Bertz CT molecular complexity index is 866. The van der Waals surface area contributed by atoms with Crippen LogP contribution < -0.4 is 5.32 Å². The summed E-state index contributed by atoms with van der Waals surface area (Å²) < 4.78 is 38.2. The molecule has 0 bridgehead atoms. The number of nitrogens with one attached hydrogen (secondary N) is 2. The fourth-order valence-corrected chi connectivity index (χ4v) is 4.07. The summed E-state index contributed by atoms with van der Waals surface area (Å²) in [4.78, 5) is 2.01. The Morgan fingerprint density at radius 1 is 1.00 bits per heavy atom. The van der Waals surface area contributed by atoms with Gasteiger partial charge in [-0.3, -0.25) is 5.41 Å². The van der Waals surface area contributed by atoms with E-state index in [9.17, 15) is 18.3 Å². The molecule has 2 heterocycles. The van der Waals surface area contributed by atoms with Gasteiger partial charge in [0, 0.05) is 31.7 Å². The molecule has 2 aliphatic heterocycles. The number of alkyl halides is 3. The molecule has 2 aliphatic rings. The second-order valence-corrected chi connectivity index (χ2v) is 7.94. The highest BCUT2D eigenvalue weighted by molar-refractivity contribution is 5.96. The van der Waals surface area contributed by atoms with Crippen LogP contribution in [0.3, 0.4) is 0 Å². The molecule has 3 N–H and O–H groups in total. The second-order valence-electron chi connectivity index (χ2n) is 7.94. The molecule has 0 radical (unpaired) electrons. The third kappa shape index (κ3) is 4.02. The van der Waals surface area contributed by atoms with Crippen LogP contribution in [0.1, 0.15) is 41.0 Å². The minimum absolute atomic E-state index is 0.212. The number of benzene rings is 2. The molecule has 2 aromatic rings. The van der Waals surface area contributed by atoms with Gasteiger partial charge in [0.2, 0.25) is 0 Å². The van der Waals surface area contributed by atoms with Gasteiger partial charge in [-0.2, -0.15) is 13.2 Å². The van der Waals surface area contributed by atoms with E-state index in [1.165, 1.54) is 0 Å². The lowest BCUT2D eigenvalue weighted by Gasteiger charge is -2.38. The maximum absolute atomic E-state index is 12.7. The van der Waals surface area contributed by atoms with Crippen LogP contribution in [0.15, 0.2) is 48.5 Å². The highest BCUT2D eigenvalue weighted by Crippen LogP contribution is 2.33. The fraction of sp³-hybridized carbons (Fsp3) is 0.409. The molecule has 0 spiro atoms. The van der Waals surface area contributed by atoms with Crippen LogP contribution in [-0.2, 0) is 11.8 Å². The van der Waals surface area contributed by atoms with Gasteiger partial charge >= 0.3 is 6.18 Å². The maximum atomic E-state index is 12.7. The molecule has 2 saturated heterocycles. The Balaban J connectivity index is 1.36. The predicted molar refractivity (Wildman–Crippen MR) is 105 cm³/mol. The summed E-state index contributed by atoms with van der Waals surface area (Å²) in [5, 5.41) is 21.9. The summed E-state index contributed by atoms with van der Waals surface area (Å²) in [5.41, 5.74) is 1.16. The molecule has 2 aromatic carbocycles. The Morgan fingerprint density at radius 2 is 1.59 bits per heavy atom. The van der Waals surface area contributed by atoms with E-state index in [1.807, 2.05) is 29.2 Å². The average molecular weight is 403 g/mol. The fourth-order valence-electron chi connectivity index (χ4n) is 4.07. The lowest BCUT2D eigenvalue weighted by molar-refractivity contribution is -0.137. The topological polar surface area (TPSA) is 59.4 Å². The van der Waals surface area contributed by atoms with Crippen molar-refractivity contribution >= 4 is 5.84 Å². The number of hydrogen-bond donors (Lipinski definition) is 3. The van der Waals surface area contributed by atoms with Crippen molar-refractivity contribution in [1.82, 2.24) is 10.2 Å². The number of nitrogens with zero attached hydrogens (tertiary/aromatic N) is 1. The van der Waals surface area contributed by atoms with E-state index in [0.717, 1.165) is 41.7 Å². The van der Waals surface area contributed by atoms with Crippen LogP contribution >= 0.6 is 0 Å². The Morgan fingerprint density at radius 3 is 2.07 bits per heavy atom. The second kappa shape index (κ2) is 7.46.